The molecule has 3 rings (SSSR count). The highest BCUT2D eigenvalue weighted by molar-refractivity contribution is 9.10. The summed E-state index contributed by atoms with van der Waals surface area (Å²) in [4.78, 5) is 31.6. The number of amides is 2. The maximum Gasteiger partial charge on any atom is 0.251 e. The maximum atomic E-state index is 12.7. The lowest BCUT2D eigenvalue weighted by Crippen LogP contribution is -2.32. The van der Waals surface area contributed by atoms with E-state index >= 15 is 0 Å². The van der Waals surface area contributed by atoms with Crippen LogP contribution in [0.4, 0.5) is 0 Å². The van der Waals surface area contributed by atoms with E-state index < -0.39 is 0 Å². The summed E-state index contributed by atoms with van der Waals surface area (Å²) in [5, 5.41) is 2.91. The average Bonchev–Trinajstić information content (AvgIpc) is 3.07. The van der Waals surface area contributed by atoms with E-state index in [1.807, 2.05) is 48.0 Å². The lowest BCUT2D eigenvalue weighted by atomic mass is 10.2. The number of nitrogens with zero attached hydrogens (tertiary/aromatic N) is 3. The first-order chi connectivity index (χ1) is 14.0. The molecule has 0 spiro atoms. The smallest absolute Gasteiger partial charge is 0.251 e. The van der Waals surface area contributed by atoms with Gasteiger partial charge < -0.3 is 14.8 Å². The zero-order valence-corrected chi connectivity index (χ0v) is 18.3. The molecular weight excluding hydrogens is 432 g/mol. The molecule has 29 heavy (non-hydrogen) atoms. The number of carbonyl (C=O) groups is 2. The Labute approximate surface area is 179 Å². The number of fused-ring (bicyclic) bond motifs is 1. The minimum atomic E-state index is -0.184. The van der Waals surface area contributed by atoms with Crippen molar-refractivity contribution in [3.8, 4) is 0 Å². The maximum absolute atomic E-state index is 12.7. The molecule has 3 aromatic rings. The number of nitrogens with one attached hydrogen (secondary N) is 1. The van der Waals surface area contributed by atoms with Crippen LogP contribution in [0.15, 0.2) is 53.0 Å². The van der Waals surface area contributed by atoms with Crippen LogP contribution in [0.3, 0.4) is 0 Å². The molecule has 7 heteroatoms. The van der Waals surface area contributed by atoms with Gasteiger partial charge in [0.2, 0.25) is 5.91 Å². The second-order valence-corrected chi connectivity index (χ2v) is 7.88. The van der Waals surface area contributed by atoms with Gasteiger partial charge >= 0.3 is 0 Å². The van der Waals surface area contributed by atoms with Gasteiger partial charge in [0, 0.05) is 23.6 Å². The van der Waals surface area contributed by atoms with Crippen LogP contribution in [-0.4, -0.2) is 39.9 Å². The third-order valence-electron chi connectivity index (χ3n) is 4.79. The van der Waals surface area contributed by atoms with Crippen LogP contribution in [-0.2, 0) is 17.9 Å². The van der Waals surface area contributed by atoms with E-state index in [2.05, 4.69) is 33.2 Å². The average molecular weight is 457 g/mol. The SMILES string of the molecule is CCCCN(C)C(=O)Cn1c(CNC(=O)c2cccc(Br)c2)nc2ccccc21. The quantitative estimate of drug-likeness (QED) is 0.557. The summed E-state index contributed by atoms with van der Waals surface area (Å²) in [6.07, 6.45) is 2.01. The van der Waals surface area contributed by atoms with Crippen LogP contribution in [0.2, 0.25) is 0 Å². The molecule has 2 aromatic carbocycles. The summed E-state index contributed by atoms with van der Waals surface area (Å²) >= 11 is 3.38. The molecule has 2 amide bonds. The fourth-order valence-corrected chi connectivity index (χ4v) is 3.50. The van der Waals surface area contributed by atoms with Gasteiger partial charge in [0.15, 0.2) is 0 Å². The van der Waals surface area contributed by atoms with Gasteiger partial charge in [-0.2, -0.15) is 0 Å². The van der Waals surface area contributed by atoms with Crippen molar-refractivity contribution in [2.75, 3.05) is 13.6 Å². The normalized spacial score (nSPS) is 10.9. The van der Waals surface area contributed by atoms with Gasteiger partial charge in [-0.15, -0.1) is 0 Å². The standard InChI is InChI=1S/C22H25BrN4O2/c1-3-4-12-26(2)21(28)15-27-19-11-6-5-10-18(19)25-20(27)14-24-22(29)16-8-7-9-17(23)13-16/h5-11,13H,3-4,12,14-15H2,1-2H3,(H,24,29). The first-order valence-corrected chi connectivity index (χ1v) is 10.5. The van der Waals surface area contributed by atoms with E-state index in [0.717, 1.165) is 34.9 Å². The predicted octanol–water partition coefficient (Wildman–Crippen LogP) is 3.99. The number of benzene rings is 2. The van der Waals surface area contributed by atoms with Crippen molar-refractivity contribution < 1.29 is 9.59 Å². The molecule has 0 bridgehead atoms. The molecule has 6 nitrogen and oxygen atoms in total. The van der Waals surface area contributed by atoms with Gasteiger partial charge in [0.1, 0.15) is 12.4 Å². The summed E-state index contributed by atoms with van der Waals surface area (Å²) in [5.74, 6) is 0.504. The predicted molar refractivity (Wildman–Crippen MR) is 118 cm³/mol. The molecule has 1 heterocycles. The fourth-order valence-electron chi connectivity index (χ4n) is 3.10. The van der Waals surface area contributed by atoms with Crippen molar-refractivity contribution in [3.63, 3.8) is 0 Å². The number of likely N-dealkylation sites (N-methyl/N-ethyl adjacent to an activating group) is 1. The number of para-hydroxylation sites is 2. The van der Waals surface area contributed by atoms with Crippen molar-refractivity contribution in [3.05, 3.63) is 64.4 Å². The van der Waals surface area contributed by atoms with E-state index in [0.29, 0.717) is 11.4 Å². The number of hydrogen-bond donors (Lipinski definition) is 1. The Balaban J connectivity index is 1.79. The number of unbranched alkanes of at least 4 members (excludes halogenated alkanes) is 1. The summed E-state index contributed by atoms with van der Waals surface area (Å²) in [6, 6.07) is 14.9. The first kappa shape index (κ1) is 21.0. The van der Waals surface area contributed by atoms with E-state index in [1.54, 1.807) is 17.0 Å². The zero-order valence-electron chi connectivity index (χ0n) is 16.7. The molecule has 0 saturated carbocycles. The van der Waals surface area contributed by atoms with Crippen LogP contribution in [0.1, 0.15) is 35.9 Å². The minimum Gasteiger partial charge on any atom is -0.345 e. The van der Waals surface area contributed by atoms with Gasteiger partial charge in [-0.1, -0.05) is 47.5 Å². The molecule has 0 aliphatic heterocycles. The molecule has 0 saturated heterocycles. The Morgan fingerprint density at radius 3 is 2.72 bits per heavy atom. The van der Waals surface area contributed by atoms with E-state index in [9.17, 15) is 9.59 Å². The molecule has 0 radical (unpaired) electrons. The van der Waals surface area contributed by atoms with Crippen molar-refractivity contribution in [1.82, 2.24) is 19.8 Å². The Hall–Kier alpha value is -2.67. The van der Waals surface area contributed by atoms with Crippen LogP contribution in [0.25, 0.3) is 11.0 Å². The monoisotopic (exact) mass is 456 g/mol. The molecule has 0 atom stereocenters. The van der Waals surface area contributed by atoms with Crippen molar-refractivity contribution in [2.24, 2.45) is 0 Å². The Bertz CT molecular complexity index is 1010. The summed E-state index contributed by atoms with van der Waals surface area (Å²) in [6.45, 7) is 3.28. The fraction of sp³-hybridized carbons (Fsp3) is 0.318. The molecule has 0 unspecified atom stereocenters. The first-order valence-electron chi connectivity index (χ1n) is 9.71. The molecule has 0 aliphatic rings. The van der Waals surface area contributed by atoms with Gasteiger partial charge in [0.05, 0.1) is 17.6 Å². The Kier molecular flexibility index (Phi) is 7.04. The molecule has 1 aromatic heterocycles. The van der Waals surface area contributed by atoms with E-state index in [1.165, 1.54) is 0 Å². The lowest BCUT2D eigenvalue weighted by Gasteiger charge is -2.18. The third-order valence-corrected chi connectivity index (χ3v) is 5.29. The van der Waals surface area contributed by atoms with Crippen LogP contribution in [0.5, 0.6) is 0 Å². The van der Waals surface area contributed by atoms with Gasteiger partial charge in [0.25, 0.3) is 5.91 Å². The Morgan fingerprint density at radius 1 is 1.17 bits per heavy atom. The number of halogens is 1. The number of aromatic nitrogens is 2. The van der Waals surface area contributed by atoms with E-state index in [-0.39, 0.29) is 24.9 Å². The third kappa shape index (κ3) is 5.23. The summed E-state index contributed by atoms with van der Waals surface area (Å²) in [5.41, 5.74) is 2.26. The summed E-state index contributed by atoms with van der Waals surface area (Å²) in [7, 11) is 1.83. The van der Waals surface area contributed by atoms with E-state index in [4.69, 9.17) is 0 Å². The van der Waals surface area contributed by atoms with Crippen LogP contribution < -0.4 is 5.32 Å². The molecule has 0 fully saturated rings. The van der Waals surface area contributed by atoms with Crippen molar-refractivity contribution in [2.45, 2.75) is 32.9 Å². The largest absolute Gasteiger partial charge is 0.345 e. The molecule has 152 valence electrons. The number of carbonyl (C=O) groups excluding carboxylic acids is 2. The van der Waals surface area contributed by atoms with Crippen LogP contribution in [0, 0.1) is 0 Å². The highest BCUT2D eigenvalue weighted by Crippen LogP contribution is 2.17. The molecule has 0 aliphatic carbocycles. The highest BCUT2D eigenvalue weighted by atomic mass is 79.9. The molecule has 1 N–H and O–H groups in total. The topological polar surface area (TPSA) is 67.2 Å². The van der Waals surface area contributed by atoms with Gasteiger partial charge in [-0.05, 0) is 36.8 Å². The van der Waals surface area contributed by atoms with Gasteiger partial charge in [-0.3, -0.25) is 9.59 Å². The number of rotatable bonds is 8. The van der Waals surface area contributed by atoms with Crippen LogP contribution >= 0.6 is 15.9 Å². The van der Waals surface area contributed by atoms with Gasteiger partial charge in [-0.25, -0.2) is 4.98 Å². The van der Waals surface area contributed by atoms with Crippen molar-refractivity contribution in [1.29, 1.82) is 0 Å². The van der Waals surface area contributed by atoms with Crippen molar-refractivity contribution >= 4 is 38.8 Å². The second-order valence-electron chi connectivity index (χ2n) is 6.96. The highest BCUT2D eigenvalue weighted by Gasteiger charge is 2.17. The number of hydrogen-bond acceptors (Lipinski definition) is 3. The molecular formula is C22H25BrN4O2. The second kappa shape index (κ2) is 9.69. The summed E-state index contributed by atoms with van der Waals surface area (Å²) < 4.78 is 2.74. The number of imidazole rings is 1. The zero-order chi connectivity index (χ0) is 20.8. The lowest BCUT2D eigenvalue weighted by molar-refractivity contribution is -0.130. The Morgan fingerprint density at radius 2 is 1.97 bits per heavy atom. The minimum absolute atomic E-state index is 0.0289.